The number of primary amides is 1. The summed E-state index contributed by atoms with van der Waals surface area (Å²) >= 11 is 0. The fraction of sp³-hybridized carbons (Fsp3) is 0.250. The summed E-state index contributed by atoms with van der Waals surface area (Å²) in [5.74, 6) is -1.39. The molecule has 1 rings (SSSR count). The highest BCUT2D eigenvalue weighted by Gasteiger charge is 2.21. The molecule has 0 fully saturated rings. The Labute approximate surface area is 115 Å². The van der Waals surface area contributed by atoms with Crippen LogP contribution in [0.3, 0.4) is 0 Å². The van der Waals surface area contributed by atoms with E-state index in [1.807, 2.05) is 5.32 Å². The molecule has 0 aliphatic rings. The van der Waals surface area contributed by atoms with E-state index in [0.29, 0.717) is 0 Å². The first-order valence-corrected chi connectivity index (χ1v) is 5.74. The van der Waals surface area contributed by atoms with E-state index in [-0.39, 0.29) is 17.0 Å². The number of para-hydroxylation sites is 1. The zero-order chi connectivity index (χ0) is 15.3. The van der Waals surface area contributed by atoms with Gasteiger partial charge in [0.2, 0.25) is 0 Å². The molecule has 0 spiro atoms. The molecule has 1 atom stereocenters. The molecule has 4 amide bonds. The van der Waals surface area contributed by atoms with Crippen LogP contribution in [-0.2, 0) is 4.79 Å². The van der Waals surface area contributed by atoms with Crippen LogP contribution in [-0.4, -0.2) is 31.0 Å². The van der Waals surface area contributed by atoms with E-state index in [0.717, 1.165) is 0 Å². The molecule has 0 aliphatic carbocycles. The van der Waals surface area contributed by atoms with Gasteiger partial charge in [0.25, 0.3) is 11.8 Å². The van der Waals surface area contributed by atoms with Crippen molar-refractivity contribution < 1.29 is 19.1 Å². The van der Waals surface area contributed by atoms with Crippen LogP contribution >= 0.6 is 0 Å². The van der Waals surface area contributed by atoms with E-state index in [2.05, 4.69) is 5.32 Å². The van der Waals surface area contributed by atoms with Gasteiger partial charge in [0.05, 0.1) is 11.3 Å². The molecule has 0 aliphatic heterocycles. The molecule has 108 valence electrons. The molecule has 0 saturated heterocycles. The number of anilines is 1. The van der Waals surface area contributed by atoms with E-state index >= 15 is 0 Å². The summed E-state index contributed by atoms with van der Waals surface area (Å²) in [6.45, 7) is 1.41. The van der Waals surface area contributed by atoms with Crippen molar-refractivity contribution in [3.63, 3.8) is 0 Å². The fourth-order valence-corrected chi connectivity index (χ4v) is 1.39. The molecule has 0 aromatic heterocycles. The number of nitrogens with two attached hydrogens (primary N) is 2. The number of nitrogens with one attached hydrogen (secondary N) is 2. The van der Waals surface area contributed by atoms with Gasteiger partial charge in [-0.05, 0) is 19.1 Å². The lowest BCUT2D eigenvalue weighted by Crippen LogP contribution is -2.44. The van der Waals surface area contributed by atoms with Crippen molar-refractivity contribution in [2.45, 2.75) is 13.0 Å². The zero-order valence-corrected chi connectivity index (χ0v) is 11.1. The van der Waals surface area contributed by atoms with Crippen molar-refractivity contribution in [2.24, 2.45) is 5.73 Å². The second-order valence-corrected chi connectivity index (χ2v) is 3.92. The van der Waals surface area contributed by atoms with E-state index in [4.69, 9.17) is 16.2 Å². The van der Waals surface area contributed by atoms with Gasteiger partial charge in [-0.3, -0.25) is 14.9 Å². The van der Waals surface area contributed by atoms with Crippen LogP contribution in [0, 0.1) is 0 Å². The molecule has 0 radical (unpaired) electrons. The van der Waals surface area contributed by atoms with Crippen molar-refractivity contribution >= 4 is 23.5 Å². The third-order valence-corrected chi connectivity index (χ3v) is 2.44. The standard InChI is InChI=1S/C12H16N4O4/c1-6(11(18)16-12(19)15-2)20-9-7(10(14)17)4-3-5-8(9)13/h3-6H,13H2,1-2H3,(H2,14,17)(H2,15,16,18,19). The molecule has 8 nitrogen and oxygen atoms in total. The lowest BCUT2D eigenvalue weighted by atomic mass is 10.1. The average Bonchev–Trinajstić information content (AvgIpc) is 2.40. The van der Waals surface area contributed by atoms with Crippen LogP contribution < -0.4 is 26.8 Å². The lowest BCUT2D eigenvalue weighted by Gasteiger charge is -2.17. The van der Waals surface area contributed by atoms with Crippen molar-refractivity contribution in [3.05, 3.63) is 23.8 Å². The van der Waals surface area contributed by atoms with Crippen LogP contribution in [0.15, 0.2) is 18.2 Å². The molecule has 6 N–H and O–H groups in total. The third kappa shape index (κ3) is 3.61. The summed E-state index contributed by atoms with van der Waals surface area (Å²) < 4.78 is 5.33. The van der Waals surface area contributed by atoms with Gasteiger partial charge >= 0.3 is 6.03 Å². The highest BCUT2D eigenvalue weighted by atomic mass is 16.5. The SMILES string of the molecule is CNC(=O)NC(=O)C(C)Oc1c(N)cccc1C(N)=O. The second kappa shape index (κ2) is 6.41. The maximum Gasteiger partial charge on any atom is 0.321 e. The van der Waals surface area contributed by atoms with Gasteiger partial charge in [0.15, 0.2) is 11.9 Å². The molecule has 8 heteroatoms. The number of rotatable bonds is 4. The number of hydrogen-bond donors (Lipinski definition) is 4. The van der Waals surface area contributed by atoms with Crippen molar-refractivity contribution in [3.8, 4) is 5.75 Å². The Bertz CT molecular complexity index is 544. The minimum atomic E-state index is -1.03. The van der Waals surface area contributed by atoms with Gasteiger partial charge in [0, 0.05) is 7.05 Å². The summed E-state index contributed by atoms with van der Waals surface area (Å²) in [6, 6.07) is 3.81. The van der Waals surface area contributed by atoms with Gasteiger partial charge in [-0.1, -0.05) is 6.07 Å². The van der Waals surface area contributed by atoms with Crippen LogP contribution in [0.5, 0.6) is 5.75 Å². The van der Waals surface area contributed by atoms with Gasteiger partial charge in [-0.15, -0.1) is 0 Å². The Morgan fingerprint density at radius 2 is 1.95 bits per heavy atom. The minimum absolute atomic E-state index is 0.0135. The van der Waals surface area contributed by atoms with Gasteiger partial charge in [0.1, 0.15) is 0 Å². The summed E-state index contributed by atoms with van der Waals surface area (Å²) in [5, 5.41) is 4.28. The van der Waals surface area contributed by atoms with Gasteiger partial charge in [-0.25, -0.2) is 4.79 Å². The minimum Gasteiger partial charge on any atom is -0.478 e. The zero-order valence-electron chi connectivity index (χ0n) is 11.1. The molecule has 20 heavy (non-hydrogen) atoms. The maximum absolute atomic E-state index is 11.7. The van der Waals surface area contributed by atoms with Crippen LogP contribution in [0.25, 0.3) is 0 Å². The molecule has 0 bridgehead atoms. The predicted molar refractivity (Wildman–Crippen MR) is 72.1 cm³/mol. The number of hydrogen-bond acceptors (Lipinski definition) is 5. The number of carbonyl (C=O) groups excluding carboxylic acids is 3. The molecule has 0 saturated carbocycles. The number of amides is 4. The average molecular weight is 280 g/mol. The Morgan fingerprint density at radius 3 is 2.50 bits per heavy atom. The van der Waals surface area contributed by atoms with Crippen molar-refractivity contribution in [1.29, 1.82) is 0 Å². The Hall–Kier alpha value is -2.77. The molecular formula is C12H16N4O4. The first kappa shape index (κ1) is 15.3. The number of benzene rings is 1. The van der Waals surface area contributed by atoms with E-state index in [9.17, 15) is 14.4 Å². The highest BCUT2D eigenvalue weighted by Crippen LogP contribution is 2.27. The molecule has 1 aromatic rings. The summed E-state index contributed by atoms with van der Waals surface area (Å²) in [4.78, 5) is 34.0. The second-order valence-electron chi connectivity index (χ2n) is 3.92. The van der Waals surface area contributed by atoms with Crippen LogP contribution in [0.1, 0.15) is 17.3 Å². The number of carbonyl (C=O) groups is 3. The Kier molecular flexibility index (Phi) is 4.90. The van der Waals surface area contributed by atoms with Crippen LogP contribution in [0.2, 0.25) is 0 Å². The first-order chi connectivity index (χ1) is 9.36. The normalized spacial score (nSPS) is 11.3. The monoisotopic (exact) mass is 280 g/mol. The van der Waals surface area contributed by atoms with E-state index in [1.165, 1.54) is 32.2 Å². The van der Waals surface area contributed by atoms with E-state index < -0.39 is 23.9 Å². The summed E-state index contributed by atoms with van der Waals surface area (Å²) in [5.41, 5.74) is 11.1. The van der Waals surface area contributed by atoms with E-state index in [1.54, 1.807) is 0 Å². The largest absolute Gasteiger partial charge is 0.478 e. The van der Waals surface area contributed by atoms with Crippen LogP contribution in [0.4, 0.5) is 10.5 Å². The smallest absolute Gasteiger partial charge is 0.321 e. The fourth-order valence-electron chi connectivity index (χ4n) is 1.39. The lowest BCUT2D eigenvalue weighted by molar-refractivity contribution is -0.126. The summed E-state index contributed by atoms with van der Waals surface area (Å²) in [6.07, 6.45) is -1.03. The van der Waals surface area contributed by atoms with Crippen molar-refractivity contribution in [2.75, 3.05) is 12.8 Å². The first-order valence-electron chi connectivity index (χ1n) is 5.74. The topological polar surface area (TPSA) is 137 Å². The number of imide groups is 1. The Balaban J connectivity index is 2.90. The quantitative estimate of drug-likeness (QED) is 0.556. The number of ether oxygens (including phenoxy) is 1. The summed E-state index contributed by atoms with van der Waals surface area (Å²) in [7, 11) is 1.37. The van der Waals surface area contributed by atoms with Crippen molar-refractivity contribution in [1.82, 2.24) is 10.6 Å². The molecule has 1 unspecified atom stereocenters. The Morgan fingerprint density at radius 1 is 1.30 bits per heavy atom. The van der Waals surface area contributed by atoms with Gasteiger partial charge in [-0.2, -0.15) is 0 Å². The molecular weight excluding hydrogens is 264 g/mol. The van der Waals surface area contributed by atoms with Gasteiger partial charge < -0.3 is 21.5 Å². The maximum atomic E-state index is 11.7. The highest BCUT2D eigenvalue weighted by molar-refractivity contribution is 5.98. The third-order valence-electron chi connectivity index (χ3n) is 2.44. The number of urea groups is 1. The predicted octanol–water partition coefficient (Wildman–Crippen LogP) is -0.409. The molecule has 1 aromatic carbocycles. The number of nitrogen functional groups attached to an aromatic ring is 1. The molecule has 0 heterocycles.